The molecule has 3 heterocycles. The molecule has 2 aromatic heterocycles. The highest BCUT2D eigenvalue weighted by molar-refractivity contribution is 7.12. The second-order valence-electron chi connectivity index (χ2n) is 7.47. The van der Waals surface area contributed by atoms with Crippen molar-refractivity contribution in [3.63, 3.8) is 0 Å². The molecule has 0 bridgehead atoms. The number of halogens is 1. The lowest BCUT2D eigenvalue weighted by Crippen LogP contribution is -2.39. The van der Waals surface area contributed by atoms with Gasteiger partial charge in [-0.25, -0.2) is 9.78 Å². The topological polar surface area (TPSA) is 128 Å². The smallest absolute Gasteiger partial charge is 0.348 e. The monoisotopic (exact) mass is 500 g/mol. The number of carbonyl (C=O) groups excluding carboxylic acids is 2. The van der Waals surface area contributed by atoms with E-state index in [2.05, 4.69) is 20.6 Å². The minimum Gasteiger partial charge on any atom is -0.477 e. The Labute approximate surface area is 204 Å². The highest BCUT2D eigenvalue weighted by Crippen LogP contribution is 2.32. The van der Waals surface area contributed by atoms with Crippen LogP contribution in [0.5, 0.6) is 0 Å². The van der Waals surface area contributed by atoms with Gasteiger partial charge >= 0.3 is 5.97 Å². The third kappa shape index (κ3) is 4.80. The molecule has 0 unspecified atom stereocenters. The summed E-state index contributed by atoms with van der Waals surface area (Å²) in [6.45, 7) is 4.14. The molecule has 1 aliphatic heterocycles. The molecule has 1 aliphatic rings. The second-order valence-corrected chi connectivity index (χ2v) is 8.79. The van der Waals surface area contributed by atoms with Crippen molar-refractivity contribution in [2.24, 2.45) is 0 Å². The first-order valence-corrected chi connectivity index (χ1v) is 11.6. The van der Waals surface area contributed by atoms with Crippen LogP contribution in [0.25, 0.3) is 0 Å². The number of likely N-dealkylation sites (N-methyl/N-ethyl adjacent to an activating group) is 1. The number of nitrogens with one attached hydrogen (secondary N) is 2. The zero-order chi connectivity index (χ0) is 24.4. The van der Waals surface area contributed by atoms with Crippen molar-refractivity contribution in [2.45, 2.75) is 20.4 Å². The van der Waals surface area contributed by atoms with Gasteiger partial charge in [-0.05, 0) is 36.1 Å². The van der Waals surface area contributed by atoms with Crippen molar-refractivity contribution in [3.8, 4) is 0 Å². The van der Waals surface area contributed by atoms with Gasteiger partial charge in [0.1, 0.15) is 16.4 Å². The van der Waals surface area contributed by atoms with Gasteiger partial charge in [0.2, 0.25) is 17.8 Å². The molecule has 0 fully saturated rings. The fraction of sp³-hybridized carbons (Fsp3) is 0.227. The molecule has 0 radical (unpaired) electrons. The SMILES string of the molecule is CCN1C(=O)CN(C(C)=O)Cc2ccc(Nc3ncc(Cl)c(Nc4ccsc4C(=O)O)n3)cc21. The number of fused-ring (bicyclic) bond motifs is 1. The maximum atomic E-state index is 12.7. The number of carbonyl (C=O) groups is 3. The number of carboxylic acid groups (broad SMARTS) is 1. The molecule has 3 aromatic rings. The van der Waals surface area contributed by atoms with Crippen LogP contribution >= 0.6 is 22.9 Å². The minimum atomic E-state index is -1.05. The maximum absolute atomic E-state index is 12.7. The van der Waals surface area contributed by atoms with Gasteiger partial charge in [-0.15, -0.1) is 11.3 Å². The lowest BCUT2D eigenvalue weighted by molar-refractivity contribution is -0.133. The van der Waals surface area contributed by atoms with Gasteiger partial charge in [0.05, 0.1) is 17.6 Å². The third-order valence-corrected chi connectivity index (χ3v) is 6.42. The Hall–Kier alpha value is -3.70. The Morgan fingerprint density at radius 3 is 2.74 bits per heavy atom. The molecule has 0 aliphatic carbocycles. The van der Waals surface area contributed by atoms with Crippen molar-refractivity contribution in [3.05, 3.63) is 51.3 Å². The second kappa shape index (κ2) is 9.65. The predicted octanol–water partition coefficient (Wildman–Crippen LogP) is 4.09. The van der Waals surface area contributed by atoms with Gasteiger partial charge < -0.3 is 25.5 Å². The van der Waals surface area contributed by atoms with Crippen molar-refractivity contribution in [1.29, 1.82) is 0 Å². The van der Waals surface area contributed by atoms with Crippen LogP contribution in [-0.4, -0.2) is 50.8 Å². The Balaban J connectivity index is 1.62. The Bertz CT molecular complexity index is 1280. The van der Waals surface area contributed by atoms with E-state index in [4.69, 9.17) is 11.6 Å². The predicted molar refractivity (Wildman–Crippen MR) is 130 cm³/mol. The number of rotatable bonds is 6. The van der Waals surface area contributed by atoms with Crippen molar-refractivity contribution in [2.75, 3.05) is 28.6 Å². The van der Waals surface area contributed by atoms with Crippen molar-refractivity contribution >= 4 is 69.5 Å². The number of aromatic carboxylic acids is 1. The van der Waals surface area contributed by atoms with Gasteiger partial charge in [0, 0.05) is 25.7 Å². The number of amides is 2. The third-order valence-electron chi connectivity index (χ3n) is 5.24. The van der Waals surface area contributed by atoms with Crippen LogP contribution in [-0.2, 0) is 16.1 Å². The number of hydrogen-bond donors (Lipinski definition) is 3. The van der Waals surface area contributed by atoms with Crippen LogP contribution in [0.1, 0.15) is 29.1 Å². The molecular weight excluding hydrogens is 480 g/mol. The summed E-state index contributed by atoms with van der Waals surface area (Å²) in [6.07, 6.45) is 1.40. The molecule has 10 nitrogen and oxygen atoms in total. The fourth-order valence-electron chi connectivity index (χ4n) is 3.59. The van der Waals surface area contributed by atoms with E-state index in [0.717, 1.165) is 16.9 Å². The van der Waals surface area contributed by atoms with E-state index in [-0.39, 0.29) is 40.0 Å². The van der Waals surface area contributed by atoms with Crippen LogP contribution in [0, 0.1) is 0 Å². The van der Waals surface area contributed by atoms with Crippen LogP contribution in [0.4, 0.5) is 28.8 Å². The number of nitrogens with zero attached hydrogens (tertiary/aromatic N) is 4. The number of aromatic nitrogens is 2. The molecule has 4 rings (SSSR count). The highest BCUT2D eigenvalue weighted by atomic mass is 35.5. The standard InChI is InChI=1S/C22H21ClN6O4S/c1-3-29-17-8-14(5-4-13(17)10-28(12(2)30)11-18(29)31)25-22-24-9-15(23)20(27-22)26-16-6-7-34-19(16)21(32)33/h4-9H,3,10-11H2,1-2H3,(H,32,33)(H2,24,25,26,27). The molecule has 2 amide bonds. The van der Waals surface area contributed by atoms with Gasteiger partial charge in [-0.2, -0.15) is 4.98 Å². The first-order chi connectivity index (χ1) is 16.3. The first-order valence-electron chi connectivity index (χ1n) is 10.3. The molecule has 12 heteroatoms. The molecular formula is C22H21ClN6O4S. The molecule has 0 saturated carbocycles. The van der Waals surface area contributed by atoms with Crippen LogP contribution in [0.2, 0.25) is 5.02 Å². The molecule has 34 heavy (non-hydrogen) atoms. The number of hydrogen-bond acceptors (Lipinski definition) is 8. The summed E-state index contributed by atoms with van der Waals surface area (Å²) < 4.78 is 0. The lowest BCUT2D eigenvalue weighted by Gasteiger charge is -2.21. The fourth-order valence-corrected chi connectivity index (χ4v) is 4.41. The summed E-state index contributed by atoms with van der Waals surface area (Å²) >= 11 is 7.31. The largest absolute Gasteiger partial charge is 0.477 e. The number of benzene rings is 1. The van der Waals surface area contributed by atoms with Crippen LogP contribution in [0.15, 0.2) is 35.8 Å². The number of anilines is 5. The Morgan fingerprint density at radius 1 is 1.24 bits per heavy atom. The van der Waals surface area contributed by atoms with Gasteiger partial charge in [0.15, 0.2) is 5.82 Å². The normalized spacial score (nSPS) is 13.3. The zero-order valence-electron chi connectivity index (χ0n) is 18.3. The van der Waals surface area contributed by atoms with Crippen molar-refractivity contribution in [1.82, 2.24) is 14.9 Å². The summed E-state index contributed by atoms with van der Waals surface area (Å²) in [6, 6.07) is 7.11. The van der Waals surface area contributed by atoms with Gasteiger partial charge in [0.25, 0.3) is 0 Å². The van der Waals surface area contributed by atoms with E-state index in [0.29, 0.717) is 30.2 Å². The number of carboxylic acids is 1. The van der Waals surface area contributed by atoms with Gasteiger partial charge in [-0.3, -0.25) is 9.59 Å². The average molecular weight is 501 g/mol. The van der Waals surface area contributed by atoms with Crippen LogP contribution in [0.3, 0.4) is 0 Å². The Morgan fingerprint density at radius 2 is 2.03 bits per heavy atom. The van der Waals surface area contributed by atoms with E-state index in [1.807, 2.05) is 25.1 Å². The molecule has 3 N–H and O–H groups in total. The lowest BCUT2D eigenvalue weighted by atomic mass is 10.1. The minimum absolute atomic E-state index is 0.0247. The summed E-state index contributed by atoms with van der Waals surface area (Å²) in [5, 5.41) is 17.2. The summed E-state index contributed by atoms with van der Waals surface area (Å²) in [5.41, 5.74) is 2.57. The Kier molecular flexibility index (Phi) is 6.66. The maximum Gasteiger partial charge on any atom is 0.348 e. The molecule has 0 saturated heterocycles. The van der Waals surface area contributed by atoms with Crippen molar-refractivity contribution < 1.29 is 19.5 Å². The van der Waals surface area contributed by atoms with E-state index in [9.17, 15) is 19.5 Å². The van der Waals surface area contributed by atoms with E-state index in [1.165, 1.54) is 18.0 Å². The number of thiophene rings is 1. The van der Waals surface area contributed by atoms with E-state index in [1.54, 1.807) is 16.3 Å². The van der Waals surface area contributed by atoms with E-state index >= 15 is 0 Å². The summed E-state index contributed by atoms with van der Waals surface area (Å²) in [5.74, 6) is -0.896. The first kappa shape index (κ1) is 23.5. The summed E-state index contributed by atoms with van der Waals surface area (Å²) in [7, 11) is 0. The summed E-state index contributed by atoms with van der Waals surface area (Å²) in [4.78, 5) is 47.9. The molecule has 0 spiro atoms. The van der Waals surface area contributed by atoms with Gasteiger partial charge in [-0.1, -0.05) is 17.7 Å². The molecule has 0 atom stereocenters. The molecule has 1 aromatic carbocycles. The quantitative estimate of drug-likeness (QED) is 0.461. The zero-order valence-corrected chi connectivity index (χ0v) is 19.9. The van der Waals surface area contributed by atoms with Crippen LogP contribution < -0.4 is 15.5 Å². The van der Waals surface area contributed by atoms with E-state index < -0.39 is 5.97 Å². The average Bonchev–Trinajstić information content (AvgIpc) is 3.20. The molecule has 176 valence electrons. The highest BCUT2D eigenvalue weighted by Gasteiger charge is 2.27.